The van der Waals surface area contributed by atoms with Crippen molar-refractivity contribution in [3.8, 4) is 0 Å². The molecule has 1 atom stereocenters. The van der Waals surface area contributed by atoms with E-state index in [9.17, 15) is 9.59 Å². The molecule has 0 saturated carbocycles. The Hall–Kier alpha value is -2.96. The first kappa shape index (κ1) is 16.9. The van der Waals surface area contributed by atoms with Gasteiger partial charge in [-0.3, -0.25) is 9.78 Å². The first-order chi connectivity index (χ1) is 12.2. The van der Waals surface area contributed by atoms with Crippen molar-refractivity contribution in [3.63, 3.8) is 0 Å². The normalized spacial score (nSPS) is 16.5. The number of hydrogen-bond acceptors (Lipinski definition) is 6. The lowest BCUT2D eigenvalue weighted by atomic mass is 10.2. The molecule has 1 aliphatic rings. The minimum atomic E-state index is -0.380. The Labute approximate surface area is 146 Å². The number of ether oxygens (including phenoxy) is 1. The number of hydrogen-bond donors (Lipinski definition) is 1. The highest BCUT2D eigenvalue weighted by molar-refractivity contribution is 5.92. The third-order valence-electron chi connectivity index (χ3n) is 3.99. The van der Waals surface area contributed by atoms with Gasteiger partial charge in [-0.1, -0.05) is 6.07 Å². The van der Waals surface area contributed by atoms with E-state index in [1.54, 1.807) is 48.4 Å². The van der Waals surface area contributed by atoms with Gasteiger partial charge in [0, 0.05) is 31.5 Å². The van der Waals surface area contributed by atoms with Crippen LogP contribution in [0.4, 0.5) is 5.82 Å². The molecule has 3 heterocycles. The molecule has 1 saturated heterocycles. The Morgan fingerprint density at radius 3 is 2.84 bits per heavy atom. The topological polar surface area (TPSA) is 84.4 Å². The molecule has 0 aliphatic carbocycles. The molecule has 0 aromatic carbocycles. The molecular weight excluding hydrogens is 320 g/mol. The molecule has 0 bridgehead atoms. The Morgan fingerprint density at radius 1 is 1.28 bits per heavy atom. The Morgan fingerprint density at radius 2 is 2.16 bits per heavy atom. The summed E-state index contributed by atoms with van der Waals surface area (Å²) in [7, 11) is 0. The van der Waals surface area contributed by atoms with Crippen LogP contribution < -0.4 is 5.32 Å². The lowest BCUT2D eigenvalue weighted by Crippen LogP contribution is -2.32. The van der Waals surface area contributed by atoms with Crippen molar-refractivity contribution in [2.75, 3.05) is 25.0 Å². The predicted octanol–water partition coefficient (Wildman–Crippen LogP) is 1.98. The molecule has 0 spiro atoms. The average molecular weight is 340 g/mol. The molecule has 1 N–H and O–H groups in total. The fourth-order valence-corrected chi connectivity index (χ4v) is 2.74. The maximum Gasteiger partial charge on any atom is 0.339 e. The number of esters is 1. The highest BCUT2D eigenvalue weighted by Gasteiger charge is 2.27. The number of nitrogens with one attached hydrogen (secondary N) is 1. The third kappa shape index (κ3) is 4.12. The number of carbonyl (C=O) groups is 2. The first-order valence-electron chi connectivity index (χ1n) is 8.27. The highest BCUT2D eigenvalue weighted by atomic mass is 16.5. The van der Waals surface area contributed by atoms with Gasteiger partial charge < -0.3 is 15.0 Å². The van der Waals surface area contributed by atoms with Crippen LogP contribution in [0.25, 0.3) is 0 Å². The summed E-state index contributed by atoms with van der Waals surface area (Å²) in [5, 5.41) is 3.30. The van der Waals surface area contributed by atoms with E-state index in [2.05, 4.69) is 15.3 Å². The number of likely N-dealkylation sites (tertiary alicyclic amines) is 1. The van der Waals surface area contributed by atoms with Gasteiger partial charge in [-0.2, -0.15) is 0 Å². The summed E-state index contributed by atoms with van der Waals surface area (Å²) in [5.41, 5.74) is 0.880. The van der Waals surface area contributed by atoms with Crippen LogP contribution in [0, 0.1) is 0 Å². The number of carbonyl (C=O) groups excluding carboxylic acids is 2. The van der Waals surface area contributed by atoms with Crippen molar-refractivity contribution in [2.45, 2.75) is 19.4 Å². The Bertz CT molecular complexity index is 734. The largest absolute Gasteiger partial charge is 0.462 e. The van der Waals surface area contributed by atoms with Gasteiger partial charge in [0.25, 0.3) is 5.91 Å². The van der Waals surface area contributed by atoms with E-state index in [1.807, 2.05) is 0 Å². The van der Waals surface area contributed by atoms with Gasteiger partial charge >= 0.3 is 5.97 Å². The highest BCUT2D eigenvalue weighted by Crippen LogP contribution is 2.17. The lowest BCUT2D eigenvalue weighted by Gasteiger charge is -2.17. The van der Waals surface area contributed by atoms with Crippen LogP contribution in [0.1, 0.15) is 34.2 Å². The van der Waals surface area contributed by atoms with E-state index < -0.39 is 0 Å². The molecule has 1 amide bonds. The molecule has 7 nitrogen and oxygen atoms in total. The SMILES string of the molecule is CCOC(=O)c1ccc(NC2CCN(C(=O)c3ccccn3)C2)nc1. The van der Waals surface area contributed by atoms with Gasteiger partial charge in [0.15, 0.2) is 0 Å². The molecule has 0 radical (unpaired) electrons. The first-order valence-corrected chi connectivity index (χ1v) is 8.27. The van der Waals surface area contributed by atoms with Gasteiger partial charge in [-0.05, 0) is 37.6 Å². The van der Waals surface area contributed by atoms with Crippen LogP contribution in [0.15, 0.2) is 42.7 Å². The second kappa shape index (κ2) is 7.74. The molecular formula is C18H20N4O3. The summed E-state index contributed by atoms with van der Waals surface area (Å²) < 4.78 is 4.93. The number of pyridine rings is 2. The quantitative estimate of drug-likeness (QED) is 0.838. The molecule has 2 aromatic rings. The van der Waals surface area contributed by atoms with Crippen molar-refractivity contribution < 1.29 is 14.3 Å². The molecule has 130 valence electrons. The van der Waals surface area contributed by atoms with Gasteiger partial charge in [0.05, 0.1) is 12.2 Å². The molecule has 1 unspecified atom stereocenters. The lowest BCUT2D eigenvalue weighted by molar-refractivity contribution is 0.0525. The molecule has 3 rings (SSSR count). The van der Waals surface area contributed by atoms with E-state index in [0.717, 1.165) is 6.42 Å². The Kier molecular flexibility index (Phi) is 5.23. The number of aromatic nitrogens is 2. The zero-order valence-electron chi connectivity index (χ0n) is 14.0. The predicted molar refractivity (Wildman–Crippen MR) is 92.4 cm³/mol. The van der Waals surface area contributed by atoms with E-state index in [4.69, 9.17) is 4.74 Å². The van der Waals surface area contributed by atoms with Gasteiger partial charge in [-0.25, -0.2) is 9.78 Å². The smallest absolute Gasteiger partial charge is 0.339 e. The Balaban J connectivity index is 1.56. The van der Waals surface area contributed by atoms with Crippen molar-refractivity contribution in [3.05, 3.63) is 54.0 Å². The van der Waals surface area contributed by atoms with Crippen LogP contribution in [-0.4, -0.2) is 52.5 Å². The average Bonchev–Trinajstić information content (AvgIpc) is 3.11. The minimum absolute atomic E-state index is 0.0597. The van der Waals surface area contributed by atoms with Crippen LogP contribution >= 0.6 is 0 Å². The minimum Gasteiger partial charge on any atom is -0.462 e. The molecule has 1 fully saturated rings. The number of rotatable bonds is 5. The molecule has 7 heteroatoms. The van der Waals surface area contributed by atoms with E-state index in [0.29, 0.717) is 36.8 Å². The van der Waals surface area contributed by atoms with Crippen molar-refractivity contribution >= 4 is 17.7 Å². The maximum absolute atomic E-state index is 12.4. The fraction of sp³-hybridized carbons (Fsp3) is 0.333. The van der Waals surface area contributed by atoms with E-state index in [1.165, 1.54) is 6.20 Å². The number of nitrogens with zero attached hydrogens (tertiary/aromatic N) is 3. The third-order valence-corrected chi connectivity index (χ3v) is 3.99. The van der Waals surface area contributed by atoms with Gasteiger partial charge in [0.2, 0.25) is 0 Å². The zero-order valence-corrected chi connectivity index (χ0v) is 14.0. The van der Waals surface area contributed by atoms with Crippen LogP contribution in [0.2, 0.25) is 0 Å². The number of amides is 1. The van der Waals surface area contributed by atoms with Gasteiger partial charge in [0.1, 0.15) is 11.5 Å². The van der Waals surface area contributed by atoms with Crippen molar-refractivity contribution in [1.82, 2.24) is 14.9 Å². The second-order valence-corrected chi connectivity index (χ2v) is 5.75. The summed E-state index contributed by atoms with van der Waals surface area (Å²) >= 11 is 0. The summed E-state index contributed by atoms with van der Waals surface area (Å²) in [6.45, 7) is 3.37. The van der Waals surface area contributed by atoms with E-state index >= 15 is 0 Å². The monoisotopic (exact) mass is 340 g/mol. The second-order valence-electron chi connectivity index (χ2n) is 5.75. The van der Waals surface area contributed by atoms with Crippen LogP contribution in [0.5, 0.6) is 0 Å². The van der Waals surface area contributed by atoms with Crippen molar-refractivity contribution in [1.29, 1.82) is 0 Å². The molecule has 2 aromatic heterocycles. The zero-order chi connectivity index (χ0) is 17.6. The molecule has 1 aliphatic heterocycles. The summed E-state index contributed by atoms with van der Waals surface area (Å²) in [4.78, 5) is 34.2. The van der Waals surface area contributed by atoms with Crippen LogP contribution in [-0.2, 0) is 4.74 Å². The molecule has 25 heavy (non-hydrogen) atoms. The summed E-state index contributed by atoms with van der Waals surface area (Å²) in [6.07, 6.45) is 3.94. The van der Waals surface area contributed by atoms with Crippen LogP contribution in [0.3, 0.4) is 0 Å². The standard InChI is InChI=1S/C18H20N4O3/c1-2-25-18(24)13-6-7-16(20-11-13)21-14-8-10-22(12-14)17(23)15-5-3-4-9-19-15/h3-7,9,11,14H,2,8,10,12H2,1H3,(H,20,21). The van der Waals surface area contributed by atoms with Gasteiger partial charge in [-0.15, -0.1) is 0 Å². The number of anilines is 1. The van der Waals surface area contributed by atoms with E-state index in [-0.39, 0.29) is 17.9 Å². The summed E-state index contributed by atoms with van der Waals surface area (Å²) in [5.74, 6) is 0.232. The fourth-order valence-electron chi connectivity index (χ4n) is 2.74. The summed E-state index contributed by atoms with van der Waals surface area (Å²) in [6, 6.07) is 8.86. The van der Waals surface area contributed by atoms with Crippen molar-refractivity contribution in [2.24, 2.45) is 0 Å². The maximum atomic E-state index is 12.4.